The van der Waals surface area contributed by atoms with Gasteiger partial charge in [0, 0.05) is 10.6 Å². The molecule has 0 aromatic heterocycles. The molecule has 0 saturated carbocycles. The third-order valence-corrected chi connectivity index (χ3v) is 3.01. The average molecular weight is 290 g/mol. The summed E-state index contributed by atoms with van der Waals surface area (Å²) >= 11 is 5.74. The number of halogens is 1. The van der Waals surface area contributed by atoms with E-state index >= 15 is 0 Å². The first kappa shape index (κ1) is 14.1. The fourth-order valence-electron chi connectivity index (χ4n) is 1.75. The van der Waals surface area contributed by atoms with Crippen LogP contribution in [0.1, 0.15) is 22.0 Å². The van der Waals surface area contributed by atoms with Gasteiger partial charge in [-0.3, -0.25) is 4.79 Å². The molecule has 0 aliphatic heterocycles. The molecule has 0 aliphatic carbocycles. The van der Waals surface area contributed by atoms with Gasteiger partial charge in [0.25, 0.3) is 5.91 Å². The zero-order valence-electron chi connectivity index (χ0n) is 10.4. The number of carbonyl (C=O) groups is 2. The van der Waals surface area contributed by atoms with Crippen LogP contribution in [0, 0.1) is 0 Å². The van der Waals surface area contributed by atoms with Gasteiger partial charge in [-0.15, -0.1) is 0 Å². The molecule has 1 atom stereocenters. The summed E-state index contributed by atoms with van der Waals surface area (Å²) in [6, 6.07) is 13.7. The fourth-order valence-corrected chi connectivity index (χ4v) is 1.87. The van der Waals surface area contributed by atoms with Gasteiger partial charge in [-0.05, 0) is 29.8 Å². The van der Waals surface area contributed by atoms with E-state index in [-0.39, 0.29) is 0 Å². The predicted molar refractivity (Wildman–Crippen MR) is 75.7 cm³/mol. The van der Waals surface area contributed by atoms with Gasteiger partial charge < -0.3 is 10.4 Å². The lowest BCUT2D eigenvalue weighted by molar-refractivity contribution is -0.139. The van der Waals surface area contributed by atoms with Gasteiger partial charge in [0.1, 0.15) is 0 Å². The van der Waals surface area contributed by atoms with Gasteiger partial charge >= 0.3 is 5.97 Å². The standard InChI is InChI=1S/C15H12ClNO3/c16-12-8-6-11(7-9-12)14(18)17-13(15(19)20)10-4-2-1-3-5-10/h1-9,13H,(H,17,18)(H,19,20). The van der Waals surface area contributed by atoms with Gasteiger partial charge in [-0.1, -0.05) is 41.9 Å². The Kier molecular flexibility index (Phi) is 4.38. The Hall–Kier alpha value is -2.33. The predicted octanol–water partition coefficient (Wildman–Crippen LogP) is 2.90. The number of carboxylic acid groups (broad SMARTS) is 1. The Bertz CT molecular complexity index is 611. The summed E-state index contributed by atoms with van der Waals surface area (Å²) < 4.78 is 0. The largest absolute Gasteiger partial charge is 0.479 e. The first-order valence-corrected chi connectivity index (χ1v) is 6.30. The van der Waals surface area contributed by atoms with Crippen molar-refractivity contribution in [2.45, 2.75) is 6.04 Å². The number of benzene rings is 2. The van der Waals surface area contributed by atoms with Crippen molar-refractivity contribution in [3.8, 4) is 0 Å². The van der Waals surface area contributed by atoms with E-state index in [2.05, 4.69) is 5.32 Å². The third-order valence-electron chi connectivity index (χ3n) is 2.76. The molecule has 0 saturated heterocycles. The first-order chi connectivity index (χ1) is 9.58. The van der Waals surface area contributed by atoms with Gasteiger partial charge in [0.15, 0.2) is 6.04 Å². The molecule has 0 aliphatic rings. The highest BCUT2D eigenvalue weighted by Crippen LogP contribution is 2.15. The van der Waals surface area contributed by atoms with Crippen molar-refractivity contribution in [1.82, 2.24) is 5.32 Å². The van der Waals surface area contributed by atoms with Gasteiger partial charge in [-0.25, -0.2) is 4.79 Å². The van der Waals surface area contributed by atoms with E-state index in [0.717, 1.165) is 0 Å². The number of amides is 1. The molecular weight excluding hydrogens is 278 g/mol. The maximum absolute atomic E-state index is 12.0. The van der Waals surface area contributed by atoms with Crippen molar-refractivity contribution < 1.29 is 14.7 Å². The minimum atomic E-state index is -1.11. The number of carbonyl (C=O) groups excluding carboxylic acids is 1. The van der Waals surface area contributed by atoms with Crippen LogP contribution in [0.2, 0.25) is 5.02 Å². The van der Waals surface area contributed by atoms with Crippen molar-refractivity contribution >= 4 is 23.5 Å². The molecule has 2 N–H and O–H groups in total. The molecule has 1 unspecified atom stereocenters. The molecule has 1 amide bonds. The van der Waals surface area contributed by atoms with Crippen molar-refractivity contribution in [3.63, 3.8) is 0 Å². The molecule has 0 fully saturated rings. The number of rotatable bonds is 4. The third kappa shape index (κ3) is 3.36. The molecule has 2 aromatic rings. The minimum Gasteiger partial charge on any atom is -0.479 e. The van der Waals surface area contributed by atoms with Crippen LogP contribution in [0.15, 0.2) is 54.6 Å². The monoisotopic (exact) mass is 289 g/mol. The summed E-state index contributed by atoms with van der Waals surface area (Å²) in [5.74, 6) is -1.57. The van der Waals surface area contributed by atoms with Crippen LogP contribution in [0.5, 0.6) is 0 Å². The van der Waals surface area contributed by atoms with E-state index < -0.39 is 17.9 Å². The molecular formula is C15H12ClNO3. The Labute approximate surface area is 121 Å². The van der Waals surface area contributed by atoms with Crippen LogP contribution < -0.4 is 5.32 Å². The number of nitrogens with one attached hydrogen (secondary N) is 1. The van der Waals surface area contributed by atoms with E-state index in [1.807, 2.05) is 0 Å². The number of aliphatic carboxylic acids is 1. The zero-order valence-corrected chi connectivity index (χ0v) is 11.2. The summed E-state index contributed by atoms with van der Waals surface area (Å²) in [6.07, 6.45) is 0. The Morgan fingerprint density at radius 1 is 1.00 bits per heavy atom. The number of hydrogen-bond donors (Lipinski definition) is 2. The lowest BCUT2D eigenvalue weighted by Gasteiger charge is -2.14. The number of carboxylic acids is 1. The minimum absolute atomic E-state index is 0.358. The second-order valence-electron chi connectivity index (χ2n) is 4.16. The average Bonchev–Trinajstić information content (AvgIpc) is 2.46. The summed E-state index contributed by atoms with van der Waals surface area (Å²) in [6.45, 7) is 0. The lowest BCUT2D eigenvalue weighted by Crippen LogP contribution is -2.33. The Balaban J connectivity index is 2.19. The van der Waals surface area contributed by atoms with E-state index in [1.54, 1.807) is 54.6 Å². The fraction of sp³-hybridized carbons (Fsp3) is 0.0667. The second-order valence-corrected chi connectivity index (χ2v) is 4.60. The van der Waals surface area contributed by atoms with Gasteiger partial charge in [0.2, 0.25) is 0 Å². The van der Waals surface area contributed by atoms with Crippen LogP contribution >= 0.6 is 11.6 Å². The first-order valence-electron chi connectivity index (χ1n) is 5.92. The highest BCUT2D eigenvalue weighted by Gasteiger charge is 2.22. The summed E-state index contributed by atoms with van der Waals surface area (Å²) in [5, 5.41) is 12.2. The molecule has 2 rings (SSSR count). The lowest BCUT2D eigenvalue weighted by atomic mass is 10.1. The van der Waals surface area contributed by atoms with Gasteiger partial charge in [-0.2, -0.15) is 0 Å². The van der Waals surface area contributed by atoms with Crippen LogP contribution in [-0.2, 0) is 4.79 Å². The highest BCUT2D eigenvalue weighted by molar-refractivity contribution is 6.30. The van der Waals surface area contributed by atoms with E-state index in [0.29, 0.717) is 16.1 Å². The molecule has 0 spiro atoms. The van der Waals surface area contributed by atoms with Crippen LogP contribution in [-0.4, -0.2) is 17.0 Å². The maximum Gasteiger partial charge on any atom is 0.330 e. The summed E-state index contributed by atoms with van der Waals surface area (Å²) in [4.78, 5) is 23.3. The maximum atomic E-state index is 12.0. The van der Waals surface area contributed by atoms with Crippen LogP contribution in [0.4, 0.5) is 0 Å². The zero-order chi connectivity index (χ0) is 14.5. The highest BCUT2D eigenvalue weighted by atomic mass is 35.5. The van der Waals surface area contributed by atoms with Crippen molar-refractivity contribution in [2.75, 3.05) is 0 Å². The van der Waals surface area contributed by atoms with Crippen molar-refractivity contribution in [1.29, 1.82) is 0 Å². The van der Waals surface area contributed by atoms with Crippen LogP contribution in [0.25, 0.3) is 0 Å². The quantitative estimate of drug-likeness (QED) is 0.909. The van der Waals surface area contributed by atoms with E-state index in [9.17, 15) is 14.7 Å². The summed E-state index contributed by atoms with van der Waals surface area (Å²) in [5.41, 5.74) is 0.874. The Morgan fingerprint density at radius 2 is 1.60 bits per heavy atom. The second kappa shape index (κ2) is 6.21. The SMILES string of the molecule is O=C(NC(C(=O)O)c1ccccc1)c1ccc(Cl)cc1. The normalized spacial score (nSPS) is 11.7. The topological polar surface area (TPSA) is 66.4 Å². The molecule has 102 valence electrons. The van der Waals surface area contributed by atoms with Crippen molar-refractivity contribution in [3.05, 3.63) is 70.7 Å². The molecule has 0 bridgehead atoms. The van der Waals surface area contributed by atoms with E-state index in [1.165, 1.54) is 0 Å². The molecule has 0 radical (unpaired) electrons. The smallest absolute Gasteiger partial charge is 0.330 e. The van der Waals surface area contributed by atoms with E-state index in [4.69, 9.17) is 11.6 Å². The summed E-state index contributed by atoms with van der Waals surface area (Å²) in [7, 11) is 0. The molecule has 0 heterocycles. The Morgan fingerprint density at radius 3 is 2.15 bits per heavy atom. The number of hydrogen-bond acceptors (Lipinski definition) is 2. The van der Waals surface area contributed by atoms with Crippen LogP contribution in [0.3, 0.4) is 0 Å². The molecule has 20 heavy (non-hydrogen) atoms. The molecule has 4 nitrogen and oxygen atoms in total. The molecule has 2 aromatic carbocycles. The van der Waals surface area contributed by atoms with Gasteiger partial charge in [0.05, 0.1) is 0 Å². The van der Waals surface area contributed by atoms with Crippen molar-refractivity contribution in [2.24, 2.45) is 0 Å². The molecule has 5 heteroatoms.